The van der Waals surface area contributed by atoms with Crippen LogP contribution in [0.25, 0.3) is 0 Å². The standard InChI is InChI=1S/C24H34O4/c1-22-10-7-17(25)13-16(22)4-5-20-19(22)8-11-23(2)18(9-12-24(20,23)27)15-3-6-21(26)28-14-15/h3,6,14,16-20,25,27H,4-5,7-13H2,1-2H3/t16-,17+,18-,19?,20?,22+,23-,24+/m1/s1. The number of aliphatic hydroxyl groups excluding tert-OH is 1. The first-order chi connectivity index (χ1) is 13.3. The maximum absolute atomic E-state index is 12.2. The predicted molar refractivity (Wildman–Crippen MR) is 107 cm³/mol. The first-order valence-corrected chi connectivity index (χ1v) is 11.3. The van der Waals surface area contributed by atoms with Crippen molar-refractivity contribution < 1.29 is 14.6 Å². The number of rotatable bonds is 1. The summed E-state index contributed by atoms with van der Waals surface area (Å²) >= 11 is 0. The van der Waals surface area contributed by atoms with Crippen molar-refractivity contribution >= 4 is 0 Å². The van der Waals surface area contributed by atoms with E-state index in [0.717, 1.165) is 56.9 Å². The number of hydrogen-bond acceptors (Lipinski definition) is 4. The molecule has 2 unspecified atom stereocenters. The van der Waals surface area contributed by atoms with Gasteiger partial charge in [-0.2, -0.15) is 0 Å². The lowest BCUT2D eigenvalue weighted by atomic mass is 9.43. The van der Waals surface area contributed by atoms with E-state index in [2.05, 4.69) is 13.8 Å². The second kappa shape index (κ2) is 6.18. The lowest BCUT2D eigenvalue weighted by molar-refractivity contribution is -0.205. The van der Waals surface area contributed by atoms with E-state index in [1.165, 1.54) is 12.5 Å². The summed E-state index contributed by atoms with van der Waals surface area (Å²) in [5.41, 5.74) is 0.219. The molecule has 1 heterocycles. The Morgan fingerprint density at radius 2 is 1.82 bits per heavy atom. The second-order valence-corrected chi connectivity index (χ2v) is 10.8. The molecule has 4 aliphatic rings. The Bertz CT molecular complexity index is 797. The summed E-state index contributed by atoms with van der Waals surface area (Å²) in [4.78, 5) is 11.4. The summed E-state index contributed by atoms with van der Waals surface area (Å²) < 4.78 is 5.17. The second-order valence-electron chi connectivity index (χ2n) is 10.8. The molecule has 0 aliphatic heterocycles. The summed E-state index contributed by atoms with van der Waals surface area (Å²) in [6.45, 7) is 4.73. The molecule has 4 saturated carbocycles. The van der Waals surface area contributed by atoms with Crippen LogP contribution in [0.2, 0.25) is 0 Å². The Morgan fingerprint density at radius 1 is 1.00 bits per heavy atom. The molecule has 5 rings (SSSR count). The van der Waals surface area contributed by atoms with Crippen LogP contribution in [-0.4, -0.2) is 21.9 Å². The number of hydrogen-bond donors (Lipinski definition) is 2. The van der Waals surface area contributed by atoms with Crippen LogP contribution in [0.3, 0.4) is 0 Å². The Morgan fingerprint density at radius 3 is 2.57 bits per heavy atom. The highest BCUT2D eigenvalue weighted by Gasteiger charge is 2.67. The van der Waals surface area contributed by atoms with Gasteiger partial charge in [-0.1, -0.05) is 13.8 Å². The van der Waals surface area contributed by atoms with Gasteiger partial charge < -0.3 is 14.6 Å². The van der Waals surface area contributed by atoms with Crippen LogP contribution in [0, 0.1) is 28.6 Å². The monoisotopic (exact) mass is 386 g/mol. The highest BCUT2D eigenvalue weighted by Crippen LogP contribution is 2.70. The lowest BCUT2D eigenvalue weighted by Crippen LogP contribution is -2.62. The fourth-order valence-electron chi connectivity index (χ4n) is 8.30. The molecule has 0 aromatic carbocycles. The molecular weight excluding hydrogens is 352 g/mol. The minimum absolute atomic E-state index is 0.129. The predicted octanol–water partition coefficient (Wildman–Crippen LogP) is 4.24. The number of fused-ring (bicyclic) bond motifs is 5. The molecule has 0 amide bonds. The van der Waals surface area contributed by atoms with Gasteiger partial charge in [-0.05, 0) is 98.5 Å². The van der Waals surface area contributed by atoms with E-state index >= 15 is 0 Å². The van der Waals surface area contributed by atoms with Gasteiger partial charge >= 0.3 is 5.63 Å². The fourth-order valence-corrected chi connectivity index (χ4v) is 8.30. The van der Waals surface area contributed by atoms with Crippen LogP contribution < -0.4 is 5.63 Å². The third kappa shape index (κ3) is 2.40. The van der Waals surface area contributed by atoms with Gasteiger partial charge in [0.05, 0.1) is 18.0 Å². The Balaban J connectivity index is 1.48. The van der Waals surface area contributed by atoms with E-state index in [4.69, 9.17) is 4.42 Å². The Labute approximate surface area is 167 Å². The fraction of sp³-hybridized carbons (Fsp3) is 0.792. The molecule has 4 fully saturated rings. The first kappa shape index (κ1) is 18.9. The molecule has 28 heavy (non-hydrogen) atoms. The van der Waals surface area contributed by atoms with Crippen molar-refractivity contribution in [3.63, 3.8) is 0 Å². The maximum atomic E-state index is 12.2. The van der Waals surface area contributed by atoms with Crippen molar-refractivity contribution in [1.82, 2.24) is 0 Å². The summed E-state index contributed by atoms with van der Waals surface area (Å²) in [5, 5.41) is 22.4. The molecule has 0 radical (unpaired) electrons. The third-order valence-electron chi connectivity index (χ3n) is 9.95. The largest absolute Gasteiger partial charge is 0.431 e. The molecule has 154 valence electrons. The van der Waals surface area contributed by atoms with Crippen molar-refractivity contribution in [2.24, 2.45) is 28.6 Å². The van der Waals surface area contributed by atoms with Gasteiger partial charge in [0.2, 0.25) is 0 Å². The maximum Gasteiger partial charge on any atom is 0.335 e. The minimum atomic E-state index is -0.638. The van der Waals surface area contributed by atoms with Gasteiger partial charge in [0, 0.05) is 11.5 Å². The Hall–Kier alpha value is -1.13. The van der Waals surface area contributed by atoms with Crippen molar-refractivity contribution in [3.8, 4) is 0 Å². The van der Waals surface area contributed by atoms with Gasteiger partial charge in [-0.15, -0.1) is 0 Å². The summed E-state index contributed by atoms with van der Waals surface area (Å²) in [6, 6.07) is 3.42. The molecule has 4 nitrogen and oxygen atoms in total. The molecule has 0 spiro atoms. The van der Waals surface area contributed by atoms with Crippen molar-refractivity contribution in [1.29, 1.82) is 0 Å². The third-order valence-corrected chi connectivity index (χ3v) is 9.95. The average molecular weight is 387 g/mol. The van der Waals surface area contributed by atoms with Crippen molar-refractivity contribution in [2.45, 2.75) is 89.3 Å². The molecular formula is C24H34O4. The van der Waals surface area contributed by atoms with Crippen molar-refractivity contribution in [3.05, 3.63) is 34.4 Å². The smallest absolute Gasteiger partial charge is 0.335 e. The van der Waals surface area contributed by atoms with E-state index in [1.807, 2.05) is 6.07 Å². The minimum Gasteiger partial charge on any atom is -0.431 e. The number of aliphatic hydroxyl groups is 2. The van der Waals surface area contributed by atoms with Crippen LogP contribution >= 0.6 is 0 Å². The molecule has 4 heteroatoms. The highest BCUT2D eigenvalue weighted by molar-refractivity contribution is 5.27. The van der Waals surface area contributed by atoms with Gasteiger partial charge in [0.15, 0.2) is 0 Å². The normalized spacial score (nSPS) is 50.5. The topological polar surface area (TPSA) is 70.7 Å². The molecule has 2 N–H and O–H groups in total. The zero-order chi connectivity index (χ0) is 19.7. The van der Waals surface area contributed by atoms with E-state index in [9.17, 15) is 15.0 Å². The van der Waals surface area contributed by atoms with Crippen LogP contribution in [0.4, 0.5) is 0 Å². The summed E-state index contributed by atoms with van der Waals surface area (Å²) in [5.74, 6) is 1.76. The van der Waals surface area contributed by atoms with Gasteiger partial charge in [-0.3, -0.25) is 0 Å². The molecule has 8 atom stereocenters. The molecule has 0 saturated heterocycles. The molecule has 0 bridgehead atoms. The molecule has 4 aliphatic carbocycles. The Kier molecular flexibility index (Phi) is 4.17. The van der Waals surface area contributed by atoms with E-state index < -0.39 is 5.60 Å². The molecule has 1 aromatic heterocycles. The zero-order valence-corrected chi connectivity index (χ0v) is 17.2. The molecule has 1 aromatic rings. The zero-order valence-electron chi connectivity index (χ0n) is 17.2. The average Bonchev–Trinajstić information content (AvgIpc) is 2.95. The van der Waals surface area contributed by atoms with Gasteiger partial charge in [0.25, 0.3) is 0 Å². The quantitative estimate of drug-likeness (QED) is 0.757. The van der Waals surface area contributed by atoms with E-state index in [-0.39, 0.29) is 28.5 Å². The first-order valence-electron chi connectivity index (χ1n) is 11.3. The lowest BCUT2D eigenvalue weighted by Gasteiger charge is -2.63. The van der Waals surface area contributed by atoms with Crippen LogP contribution in [-0.2, 0) is 0 Å². The summed E-state index contributed by atoms with van der Waals surface area (Å²) in [6.07, 6.45) is 10.7. The van der Waals surface area contributed by atoms with Gasteiger partial charge in [-0.25, -0.2) is 4.79 Å². The van der Waals surface area contributed by atoms with Crippen LogP contribution in [0.15, 0.2) is 27.6 Å². The van der Waals surface area contributed by atoms with Crippen LogP contribution in [0.1, 0.15) is 83.1 Å². The summed E-state index contributed by atoms with van der Waals surface area (Å²) in [7, 11) is 0. The van der Waals surface area contributed by atoms with E-state index in [0.29, 0.717) is 17.8 Å². The highest BCUT2D eigenvalue weighted by atomic mass is 16.4. The van der Waals surface area contributed by atoms with E-state index in [1.54, 1.807) is 6.26 Å². The van der Waals surface area contributed by atoms with Crippen molar-refractivity contribution in [2.75, 3.05) is 0 Å². The van der Waals surface area contributed by atoms with Crippen LogP contribution in [0.5, 0.6) is 0 Å². The van der Waals surface area contributed by atoms with Gasteiger partial charge in [0.1, 0.15) is 0 Å². The SMILES string of the molecule is C[C@]12CC[C@H](O)C[C@H]1CCC1C2CC[C@]2(C)[C@@H](c3ccc(=O)oc3)CC[C@]12O.